The van der Waals surface area contributed by atoms with E-state index in [1.54, 1.807) is 0 Å². The molecule has 1 aliphatic rings. The maximum absolute atomic E-state index is 3.55. The zero-order chi connectivity index (χ0) is 10.1. The molecule has 1 rings (SSSR count). The van der Waals surface area contributed by atoms with E-state index in [0.717, 1.165) is 0 Å². The van der Waals surface area contributed by atoms with Gasteiger partial charge < -0.3 is 5.32 Å². The summed E-state index contributed by atoms with van der Waals surface area (Å²) in [5.74, 6) is 0. The van der Waals surface area contributed by atoms with Crippen LogP contribution in [0.2, 0.25) is 0 Å². The van der Waals surface area contributed by atoms with E-state index < -0.39 is 0 Å². The molecule has 0 aromatic rings. The molecule has 78 valence electrons. The standard InChI is InChI=1S/C11H24N2/c1-9-6-13(7-10(2)12-9)8-11(3,4)5/h9-10,12H,6-8H2,1-5H3/t9-,10+. The Morgan fingerprint density at radius 3 is 2.00 bits per heavy atom. The quantitative estimate of drug-likeness (QED) is 0.667. The zero-order valence-electron chi connectivity index (χ0n) is 9.72. The molecule has 2 nitrogen and oxygen atoms in total. The first-order chi connectivity index (χ1) is 5.87. The van der Waals surface area contributed by atoms with Crippen LogP contribution in [-0.4, -0.2) is 36.6 Å². The van der Waals surface area contributed by atoms with E-state index >= 15 is 0 Å². The lowest BCUT2D eigenvalue weighted by Gasteiger charge is -2.39. The van der Waals surface area contributed by atoms with Gasteiger partial charge in [0.05, 0.1) is 0 Å². The van der Waals surface area contributed by atoms with Crippen molar-refractivity contribution in [3.8, 4) is 0 Å². The Balaban J connectivity index is 2.42. The van der Waals surface area contributed by atoms with Gasteiger partial charge in [0, 0.05) is 31.7 Å². The molecule has 0 saturated carbocycles. The highest BCUT2D eigenvalue weighted by atomic mass is 15.2. The van der Waals surface area contributed by atoms with Crippen LogP contribution < -0.4 is 5.32 Å². The van der Waals surface area contributed by atoms with Gasteiger partial charge in [0.15, 0.2) is 0 Å². The summed E-state index contributed by atoms with van der Waals surface area (Å²) in [6.45, 7) is 15.1. The van der Waals surface area contributed by atoms with Crippen molar-refractivity contribution in [2.24, 2.45) is 5.41 Å². The van der Waals surface area contributed by atoms with Gasteiger partial charge >= 0.3 is 0 Å². The van der Waals surface area contributed by atoms with Crippen molar-refractivity contribution in [3.05, 3.63) is 0 Å². The summed E-state index contributed by atoms with van der Waals surface area (Å²) in [6.07, 6.45) is 0. The summed E-state index contributed by atoms with van der Waals surface area (Å²) in [4.78, 5) is 2.58. The molecule has 1 aliphatic heterocycles. The second-order valence-corrected chi connectivity index (χ2v) is 5.72. The third-order valence-corrected chi connectivity index (χ3v) is 2.33. The van der Waals surface area contributed by atoms with E-state index in [1.165, 1.54) is 19.6 Å². The summed E-state index contributed by atoms with van der Waals surface area (Å²) in [5.41, 5.74) is 0.427. The van der Waals surface area contributed by atoms with Crippen LogP contribution in [0.5, 0.6) is 0 Å². The molecule has 1 saturated heterocycles. The smallest absolute Gasteiger partial charge is 0.0169 e. The van der Waals surface area contributed by atoms with E-state index in [4.69, 9.17) is 0 Å². The lowest BCUT2D eigenvalue weighted by atomic mass is 9.95. The Kier molecular flexibility index (Phi) is 3.36. The zero-order valence-corrected chi connectivity index (χ0v) is 9.72. The van der Waals surface area contributed by atoms with Crippen molar-refractivity contribution >= 4 is 0 Å². The summed E-state index contributed by atoms with van der Waals surface area (Å²) in [7, 11) is 0. The Hall–Kier alpha value is -0.0800. The van der Waals surface area contributed by atoms with Crippen LogP contribution in [0.25, 0.3) is 0 Å². The molecule has 0 spiro atoms. The molecule has 1 fully saturated rings. The number of rotatable bonds is 1. The maximum atomic E-state index is 3.55. The predicted octanol–water partition coefficient (Wildman–Crippen LogP) is 1.71. The van der Waals surface area contributed by atoms with Gasteiger partial charge in [-0.1, -0.05) is 20.8 Å². The fourth-order valence-corrected chi connectivity index (χ4v) is 2.24. The summed E-state index contributed by atoms with van der Waals surface area (Å²) in [6, 6.07) is 1.29. The molecule has 0 amide bonds. The van der Waals surface area contributed by atoms with Gasteiger partial charge in [0.2, 0.25) is 0 Å². The summed E-state index contributed by atoms with van der Waals surface area (Å²) in [5, 5.41) is 3.55. The SMILES string of the molecule is C[C@@H]1CN(CC(C)(C)C)C[C@H](C)N1. The largest absolute Gasteiger partial charge is 0.309 e. The van der Waals surface area contributed by atoms with Gasteiger partial charge in [0.1, 0.15) is 0 Å². The molecule has 0 aromatic heterocycles. The first-order valence-corrected chi connectivity index (χ1v) is 5.35. The molecule has 13 heavy (non-hydrogen) atoms. The number of hydrogen-bond acceptors (Lipinski definition) is 2. The molecule has 0 bridgehead atoms. The van der Waals surface area contributed by atoms with Crippen LogP contribution >= 0.6 is 0 Å². The molecule has 0 unspecified atom stereocenters. The van der Waals surface area contributed by atoms with Crippen LogP contribution in [0, 0.1) is 5.41 Å². The Labute approximate surface area is 82.7 Å². The fourth-order valence-electron chi connectivity index (χ4n) is 2.24. The summed E-state index contributed by atoms with van der Waals surface area (Å²) >= 11 is 0. The van der Waals surface area contributed by atoms with Gasteiger partial charge in [-0.25, -0.2) is 0 Å². The minimum Gasteiger partial charge on any atom is -0.309 e. The van der Waals surface area contributed by atoms with Crippen molar-refractivity contribution in [2.45, 2.75) is 46.7 Å². The van der Waals surface area contributed by atoms with Crippen LogP contribution in [0.3, 0.4) is 0 Å². The second-order valence-electron chi connectivity index (χ2n) is 5.72. The Morgan fingerprint density at radius 1 is 1.15 bits per heavy atom. The van der Waals surface area contributed by atoms with E-state index in [0.29, 0.717) is 17.5 Å². The summed E-state index contributed by atoms with van der Waals surface area (Å²) < 4.78 is 0. The highest BCUT2D eigenvalue weighted by Gasteiger charge is 2.24. The molecule has 0 radical (unpaired) electrons. The normalized spacial score (nSPS) is 32.1. The third-order valence-electron chi connectivity index (χ3n) is 2.33. The fraction of sp³-hybridized carbons (Fsp3) is 1.00. The van der Waals surface area contributed by atoms with Gasteiger partial charge in [-0.3, -0.25) is 4.90 Å². The van der Waals surface area contributed by atoms with Crippen molar-refractivity contribution in [2.75, 3.05) is 19.6 Å². The van der Waals surface area contributed by atoms with Crippen LogP contribution in [0.1, 0.15) is 34.6 Å². The van der Waals surface area contributed by atoms with Gasteiger partial charge in [-0.2, -0.15) is 0 Å². The number of nitrogens with one attached hydrogen (secondary N) is 1. The molecular formula is C11H24N2. The molecule has 0 aliphatic carbocycles. The van der Waals surface area contributed by atoms with Gasteiger partial charge in [0.25, 0.3) is 0 Å². The topological polar surface area (TPSA) is 15.3 Å². The van der Waals surface area contributed by atoms with E-state index in [2.05, 4.69) is 44.8 Å². The van der Waals surface area contributed by atoms with Crippen LogP contribution in [0.15, 0.2) is 0 Å². The van der Waals surface area contributed by atoms with E-state index in [1.807, 2.05) is 0 Å². The van der Waals surface area contributed by atoms with E-state index in [-0.39, 0.29) is 0 Å². The van der Waals surface area contributed by atoms with Gasteiger partial charge in [-0.15, -0.1) is 0 Å². The monoisotopic (exact) mass is 184 g/mol. The molecule has 1 heterocycles. The predicted molar refractivity (Wildman–Crippen MR) is 58.0 cm³/mol. The minimum atomic E-state index is 0.427. The molecular weight excluding hydrogens is 160 g/mol. The lowest BCUT2D eigenvalue weighted by Crippen LogP contribution is -2.55. The third kappa shape index (κ3) is 4.10. The number of nitrogens with zero attached hydrogens (tertiary/aromatic N) is 1. The lowest BCUT2D eigenvalue weighted by molar-refractivity contribution is 0.128. The first kappa shape index (κ1) is 11.0. The highest BCUT2D eigenvalue weighted by molar-refractivity contribution is 4.83. The minimum absolute atomic E-state index is 0.427. The molecule has 2 atom stereocenters. The maximum Gasteiger partial charge on any atom is 0.0169 e. The Bertz CT molecular complexity index is 150. The van der Waals surface area contributed by atoms with Crippen molar-refractivity contribution in [1.82, 2.24) is 10.2 Å². The molecule has 1 N–H and O–H groups in total. The average Bonchev–Trinajstić information content (AvgIpc) is 1.78. The van der Waals surface area contributed by atoms with Crippen LogP contribution in [0.4, 0.5) is 0 Å². The van der Waals surface area contributed by atoms with Crippen LogP contribution in [-0.2, 0) is 0 Å². The molecule has 0 aromatic carbocycles. The Morgan fingerprint density at radius 2 is 1.62 bits per heavy atom. The highest BCUT2D eigenvalue weighted by Crippen LogP contribution is 2.17. The average molecular weight is 184 g/mol. The van der Waals surface area contributed by atoms with Crippen molar-refractivity contribution in [1.29, 1.82) is 0 Å². The second kappa shape index (κ2) is 3.97. The molecule has 2 heteroatoms. The van der Waals surface area contributed by atoms with Crippen molar-refractivity contribution < 1.29 is 0 Å². The number of hydrogen-bond donors (Lipinski definition) is 1. The first-order valence-electron chi connectivity index (χ1n) is 5.35. The van der Waals surface area contributed by atoms with Gasteiger partial charge in [-0.05, 0) is 19.3 Å². The number of piperazine rings is 1. The van der Waals surface area contributed by atoms with E-state index in [9.17, 15) is 0 Å². The van der Waals surface area contributed by atoms with Crippen molar-refractivity contribution in [3.63, 3.8) is 0 Å².